The molecule has 0 aliphatic heterocycles. The topological polar surface area (TPSA) is 4.93 Å². The lowest BCUT2D eigenvalue weighted by Crippen LogP contribution is -1.92. The molecule has 1 aromatic heterocycles. The van der Waals surface area contributed by atoms with Crippen molar-refractivity contribution in [1.82, 2.24) is 4.57 Å². The van der Waals surface area contributed by atoms with Crippen molar-refractivity contribution in [3.8, 4) is 11.1 Å². The molecule has 0 spiro atoms. The van der Waals surface area contributed by atoms with Crippen LogP contribution in [0.15, 0.2) is 97.1 Å². The molecular formula is C28H21N. The summed E-state index contributed by atoms with van der Waals surface area (Å²) in [5.74, 6) is 0. The van der Waals surface area contributed by atoms with Crippen LogP contribution in [0.1, 0.15) is 6.92 Å². The van der Waals surface area contributed by atoms with E-state index in [-0.39, 0.29) is 0 Å². The largest absolute Gasteiger partial charge is 0.341 e. The van der Waals surface area contributed by atoms with Crippen LogP contribution < -0.4 is 0 Å². The van der Waals surface area contributed by atoms with Gasteiger partial charge in [0.1, 0.15) is 0 Å². The maximum absolute atomic E-state index is 2.41. The summed E-state index contributed by atoms with van der Waals surface area (Å²) in [5, 5.41) is 7.86. The average Bonchev–Trinajstić information content (AvgIpc) is 3.10. The van der Waals surface area contributed by atoms with Crippen molar-refractivity contribution >= 4 is 43.4 Å². The van der Waals surface area contributed by atoms with E-state index >= 15 is 0 Å². The van der Waals surface area contributed by atoms with Crippen LogP contribution in [0.2, 0.25) is 0 Å². The summed E-state index contributed by atoms with van der Waals surface area (Å²) in [6, 6.07) is 35.5. The summed E-state index contributed by atoms with van der Waals surface area (Å²) in [6.45, 7) is 3.19. The first-order chi connectivity index (χ1) is 14.3. The minimum Gasteiger partial charge on any atom is -0.341 e. The van der Waals surface area contributed by atoms with Gasteiger partial charge in [0.05, 0.1) is 0 Å². The minimum atomic E-state index is 0.973. The van der Waals surface area contributed by atoms with Gasteiger partial charge in [0.2, 0.25) is 0 Å². The highest BCUT2D eigenvalue weighted by atomic mass is 15.0. The summed E-state index contributed by atoms with van der Waals surface area (Å²) < 4.78 is 2.41. The van der Waals surface area contributed by atoms with Crippen molar-refractivity contribution < 1.29 is 0 Å². The second-order valence-corrected chi connectivity index (χ2v) is 7.69. The molecule has 0 N–H and O–H groups in total. The number of para-hydroxylation sites is 1. The Morgan fingerprint density at radius 3 is 1.83 bits per heavy atom. The number of hydrogen-bond acceptors (Lipinski definition) is 0. The molecule has 0 saturated carbocycles. The van der Waals surface area contributed by atoms with E-state index in [2.05, 4.69) is 109 Å². The van der Waals surface area contributed by atoms with Crippen LogP contribution in [0.5, 0.6) is 0 Å². The molecule has 0 radical (unpaired) electrons. The fraction of sp³-hybridized carbons (Fsp3) is 0.0714. The van der Waals surface area contributed by atoms with Gasteiger partial charge in [0.15, 0.2) is 0 Å². The van der Waals surface area contributed by atoms with Gasteiger partial charge in [-0.1, -0.05) is 72.8 Å². The molecule has 0 fully saturated rings. The number of hydrogen-bond donors (Lipinski definition) is 0. The Labute approximate surface area is 169 Å². The van der Waals surface area contributed by atoms with E-state index in [1.807, 2.05) is 0 Å². The van der Waals surface area contributed by atoms with Crippen LogP contribution in [0.25, 0.3) is 54.5 Å². The predicted molar refractivity (Wildman–Crippen MR) is 126 cm³/mol. The molecule has 0 unspecified atom stereocenters. The van der Waals surface area contributed by atoms with Gasteiger partial charge in [-0.15, -0.1) is 0 Å². The van der Waals surface area contributed by atoms with Gasteiger partial charge < -0.3 is 4.57 Å². The number of fused-ring (bicyclic) bond motifs is 5. The number of benzene rings is 5. The number of aryl methyl sites for hydroxylation is 1. The molecule has 0 aliphatic carbocycles. The van der Waals surface area contributed by atoms with Crippen LogP contribution in [0.4, 0.5) is 0 Å². The van der Waals surface area contributed by atoms with Crippen molar-refractivity contribution in [2.24, 2.45) is 0 Å². The van der Waals surface area contributed by atoms with Gasteiger partial charge in [0, 0.05) is 28.4 Å². The third kappa shape index (κ3) is 2.34. The molecule has 1 nitrogen and oxygen atoms in total. The molecule has 1 heterocycles. The van der Waals surface area contributed by atoms with E-state index in [1.54, 1.807) is 0 Å². The fourth-order valence-electron chi connectivity index (χ4n) is 4.87. The quantitative estimate of drug-likeness (QED) is 0.274. The molecular weight excluding hydrogens is 350 g/mol. The summed E-state index contributed by atoms with van der Waals surface area (Å²) >= 11 is 0. The molecule has 1 heteroatoms. The number of nitrogens with zero attached hydrogens (tertiary/aromatic N) is 1. The van der Waals surface area contributed by atoms with Crippen molar-refractivity contribution in [3.63, 3.8) is 0 Å². The smallest absolute Gasteiger partial charge is 0.0491 e. The Morgan fingerprint density at radius 2 is 1.14 bits per heavy atom. The summed E-state index contributed by atoms with van der Waals surface area (Å²) in [6.07, 6.45) is 0. The van der Waals surface area contributed by atoms with Crippen LogP contribution >= 0.6 is 0 Å². The molecule has 29 heavy (non-hydrogen) atoms. The maximum Gasteiger partial charge on any atom is 0.0491 e. The molecule has 0 atom stereocenters. The van der Waals surface area contributed by atoms with Gasteiger partial charge in [-0.2, -0.15) is 0 Å². The molecule has 138 valence electrons. The normalized spacial score (nSPS) is 11.8. The first-order valence-electron chi connectivity index (χ1n) is 10.3. The fourth-order valence-corrected chi connectivity index (χ4v) is 4.87. The van der Waals surface area contributed by atoms with Crippen molar-refractivity contribution in [1.29, 1.82) is 0 Å². The van der Waals surface area contributed by atoms with E-state index in [4.69, 9.17) is 0 Å². The highest BCUT2D eigenvalue weighted by Gasteiger charge is 2.13. The molecule has 6 aromatic rings. The Kier molecular flexibility index (Phi) is 3.51. The van der Waals surface area contributed by atoms with Gasteiger partial charge in [-0.3, -0.25) is 0 Å². The Hall–Kier alpha value is -3.58. The van der Waals surface area contributed by atoms with Crippen molar-refractivity contribution in [3.05, 3.63) is 97.1 Å². The number of aromatic nitrogens is 1. The van der Waals surface area contributed by atoms with E-state index in [1.165, 1.54) is 54.5 Å². The zero-order chi connectivity index (χ0) is 19.4. The Bertz CT molecular complexity index is 1480. The monoisotopic (exact) mass is 371 g/mol. The molecule has 0 amide bonds. The van der Waals surface area contributed by atoms with Gasteiger partial charge in [-0.05, 0) is 63.9 Å². The predicted octanol–water partition coefficient (Wildman–Crippen LogP) is 7.79. The van der Waals surface area contributed by atoms with Gasteiger partial charge in [0.25, 0.3) is 0 Å². The second kappa shape index (κ2) is 6.22. The molecule has 0 bridgehead atoms. The standard InChI is InChI=1S/C28H21N/c1-2-29-26-14-8-7-13-24(26)25-18-21(15-16-27(25)29)28-22-11-5-3-9-19(22)17-20-10-4-6-12-23(20)28/h3-18H,2H2,1H3. The van der Waals surface area contributed by atoms with Crippen LogP contribution in [0, 0.1) is 0 Å². The SMILES string of the molecule is CCn1c2ccccc2c2cc(-c3c4ccccc4cc4ccccc34)ccc21. The third-order valence-electron chi connectivity index (χ3n) is 6.15. The summed E-state index contributed by atoms with van der Waals surface area (Å²) in [4.78, 5) is 0. The Balaban J connectivity index is 1.76. The highest BCUT2D eigenvalue weighted by molar-refractivity contribution is 6.15. The molecule has 0 saturated heterocycles. The summed E-state index contributed by atoms with van der Waals surface area (Å²) in [5.41, 5.74) is 5.23. The van der Waals surface area contributed by atoms with Crippen LogP contribution in [0.3, 0.4) is 0 Å². The van der Waals surface area contributed by atoms with E-state index in [0.29, 0.717) is 0 Å². The molecule has 0 aliphatic rings. The maximum atomic E-state index is 2.41. The van der Waals surface area contributed by atoms with Gasteiger partial charge in [-0.25, -0.2) is 0 Å². The zero-order valence-corrected chi connectivity index (χ0v) is 16.4. The van der Waals surface area contributed by atoms with E-state index < -0.39 is 0 Å². The van der Waals surface area contributed by atoms with Crippen LogP contribution in [-0.4, -0.2) is 4.57 Å². The summed E-state index contributed by atoms with van der Waals surface area (Å²) in [7, 11) is 0. The Morgan fingerprint density at radius 1 is 0.552 bits per heavy atom. The zero-order valence-electron chi connectivity index (χ0n) is 16.4. The first-order valence-corrected chi connectivity index (χ1v) is 10.3. The third-order valence-corrected chi connectivity index (χ3v) is 6.15. The second-order valence-electron chi connectivity index (χ2n) is 7.69. The molecule has 6 rings (SSSR count). The highest BCUT2D eigenvalue weighted by Crippen LogP contribution is 2.39. The van der Waals surface area contributed by atoms with Crippen molar-refractivity contribution in [2.45, 2.75) is 13.5 Å². The average molecular weight is 371 g/mol. The van der Waals surface area contributed by atoms with Gasteiger partial charge >= 0.3 is 0 Å². The lowest BCUT2D eigenvalue weighted by atomic mass is 9.91. The van der Waals surface area contributed by atoms with Crippen molar-refractivity contribution in [2.75, 3.05) is 0 Å². The lowest BCUT2D eigenvalue weighted by molar-refractivity contribution is 0.827. The van der Waals surface area contributed by atoms with E-state index in [0.717, 1.165) is 6.54 Å². The number of rotatable bonds is 2. The van der Waals surface area contributed by atoms with E-state index in [9.17, 15) is 0 Å². The minimum absolute atomic E-state index is 0.973. The van der Waals surface area contributed by atoms with Crippen LogP contribution in [-0.2, 0) is 6.54 Å². The lowest BCUT2D eigenvalue weighted by Gasteiger charge is -2.12. The first kappa shape index (κ1) is 16.4. The molecule has 5 aromatic carbocycles.